The van der Waals surface area contributed by atoms with Gasteiger partial charge < -0.3 is 20.3 Å². The Balaban J connectivity index is 2.01. The molecule has 0 saturated heterocycles. The van der Waals surface area contributed by atoms with E-state index in [4.69, 9.17) is 15.0 Å². The van der Waals surface area contributed by atoms with E-state index >= 15 is 0 Å². The van der Waals surface area contributed by atoms with Crippen molar-refractivity contribution in [3.63, 3.8) is 0 Å². The highest BCUT2D eigenvalue weighted by Gasteiger charge is 2.22. The molecule has 8 nitrogen and oxygen atoms in total. The number of carbonyl (C=O) groups excluding carboxylic acids is 3. The van der Waals surface area contributed by atoms with Crippen LogP contribution in [0.1, 0.15) is 23.0 Å². The van der Waals surface area contributed by atoms with Crippen molar-refractivity contribution in [1.82, 2.24) is 5.16 Å². The van der Waals surface area contributed by atoms with Crippen LogP contribution in [0.15, 0.2) is 39.8 Å². The van der Waals surface area contributed by atoms with E-state index in [0.717, 1.165) is 11.8 Å². The van der Waals surface area contributed by atoms with Gasteiger partial charge >= 0.3 is 5.97 Å². The van der Waals surface area contributed by atoms with E-state index in [9.17, 15) is 14.4 Å². The lowest BCUT2D eigenvalue weighted by molar-refractivity contribution is -0.123. The highest BCUT2D eigenvalue weighted by atomic mass is 32.2. The molecule has 0 fully saturated rings. The Labute approximate surface area is 148 Å². The van der Waals surface area contributed by atoms with Gasteiger partial charge in [0.25, 0.3) is 5.91 Å². The third-order valence-corrected chi connectivity index (χ3v) is 4.11. The minimum atomic E-state index is -1.04. The van der Waals surface area contributed by atoms with Crippen molar-refractivity contribution in [2.45, 2.75) is 24.8 Å². The fourth-order valence-electron chi connectivity index (χ4n) is 1.84. The van der Waals surface area contributed by atoms with Gasteiger partial charge in [0.2, 0.25) is 5.91 Å². The quantitative estimate of drug-likeness (QED) is 0.567. The molecule has 3 N–H and O–H groups in total. The minimum Gasteiger partial charge on any atom is -0.449 e. The molecule has 0 aliphatic heterocycles. The summed E-state index contributed by atoms with van der Waals surface area (Å²) >= 11 is 1.13. The van der Waals surface area contributed by atoms with Gasteiger partial charge in [0.05, 0.1) is 11.3 Å². The SMILES string of the molecule is Cc1cc(NC(=O)C(C)OC(=O)c2ccccc2SCC(N)=O)no1. The molecule has 2 rings (SSSR count). The molecule has 1 aromatic heterocycles. The van der Waals surface area contributed by atoms with Crippen molar-refractivity contribution in [2.24, 2.45) is 5.73 Å². The number of thioether (sulfide) groups is 1. The van der Waals surface area contributed by atoms with Gasteiger partial charge in [-0.05, 0) is 26.0 Å². The summed E-state index contributed by atoms with van der Waals surface area (Å²) in [5.41, 5.74) is 5.37. The molecule has 0 bridgehead atoms. The van der Waals surface area contributed by atoms with Gasteiger partial charge in [0.15, 0.2) is 11.9 Å². The number of aromatic nitrogens is 1. The molecule has 2 amide bonds. The number of primary amides is 1. The number of esters is 1. The molecule has 1 heterocycles. The Morgan fingerprint density at radius 1 is 1.36 bits per heavy atom. The lowest BCUT2D eigenvalue weighted by Crippen LogP contribution is -2.30. The Bertz CT molecular complexity index is 790. The van der Waals surface area contributed by atoms with Crippen molar-refractivity contribution in [1.29, 1.82) is 0 Å². The summed E-state index contributed by atoms with van der Waals surface area (Å²) in [5.74, 6) is -0.895. The number of aryl methyl sites for hydroxylation is 1. The molecule has 2 aromatic rings. The number of ether oxygens (including phenoxy) is 1. The maximum absolute atomic E-state index is 12.3. The summed E-state index contributed by atoms with van der Waals surface area (Å²) < 4.78 is 10.0. The molecule has 0 radical (unpaired) electrons. The number of nitrogens with one attached hydrogen (secondary N) is 1. The lowest BCUT2D eigenvalue weighted by Gasteiger charge is -2.14. The fraction of sp³-hybridized carbons (Fsp3) is 0.250. The van der Waals surface area contributed by atoms with Crippen LogP contribution in [-0.4, -0.2) is 34.8 Å². The normalized spacial score (nSPS) is 11.6. The molecular formula is C16H17N3O5S. The van der Waals surface area contributed by atoms with E-state index in [1.165, 1.54) is 6.92 Å². The number of nitrogens with zero attached hydrogens (tertiary/aromatic N) is 1. The number of hydrogen-bond donors (Lipinski definition) is 2. The molecule has 132 valence electrons. The van der Waals surface area contributed by atoms with E-state index in [1.807, 2.05) is 0 Å². The summed E-state index contributed by atoms with van der Waals surface area (Å²) in [4.78, 5) is 35.8. The molecule has 0 aliphatic carbocycles. The van der Waals surface area contributed by atoms with E-state index < -0.39 is 23.9 Å². The summed E-state index contributed by atoms with van der Waals surface area (Å²) in [5, 5.41) is 6.12. The van der Waals surface area contributed by atoms with Gasteiger partial charge in [-0.1, -0.05) is 17.3 Å². The van der Waals surface area contributed by atoms with Crippen molar-refractivity contribution < 1.29 is 23.6 Å². The zero-order chi connectivity index (χ0) is 18.4. The first-order valence-corrected chi connectivity index (χ1v) is 8.30. The number of anilines is 1. The Morgan fingerprint density at radius 2 is 2.08 bits per heavy atom. The van der Waals surface area contributed by atoms with Gasteiger partial charge in [-0.25, -0.2) is 4.79 Å². The summed E-state index contributed by atoms with van der Waals surface area (Å²) in [6.07, 6.45) is -1.04. The molecule has 1 atom stereocenters. The van der Waals surface area contributed by atoms with Crippen LogP contribution in [0.4, 0.5) is 5.82 Å². The fourth-order valence-corrected chi connectivity index (χ4v) is 2.62. The zero-order valence-corrected chi connectivity index (χ0v) is 14.5. The van der Waals surface area contributed by atoms with Crippen LogP contribution < -0.4 is 11.1 Å². The first-order chi connectivity index (χ1) is 11.9. The summed E-state index contributed by atoms with van der Waals surface area (Å²) in [7, 11) is 0. The first kappa shape index (κ1) is 18.5. The maximum Gasteiger partial charge on any atom is 0.340 e. The number of hydrogen-bond acceptors (Lipinski definition) is 7. The van der Waals surface area contributed by atoms with Gasteiger partial charge in [-0.3, -0.25) is 9.59 Å². The second-order valence-electron chi connectivity index (χ2n) is 5.11. The molecule has 9 heteroatoms. The Morgan fingerprint density at radius 3 is 2.72 bits per heavy atom. The molecule has 0 spiro atoms. The predicted molar refractivity (Wildman–Crippen MR) is 91.1 cm³/mol. The standard InChI is InChI=1S/C16H17N3O5S/c1-9-7-14(19-24-9)18-15(21)10(2)23-16(22)11-5-3-4-6-12(11)25-8-13(17)20/h3-7,10H,8H2,1-2H3,(H2,17,20)(H,18,19,21). The highest BCUT2D eigenvalue weighted by molar-refractivity contribution is 8.00. The van der Waals surface area contributed by atoms with Gasteiger partial charge in [0.1, 0.15) is 5.76 Å². The molecule has 25 heavy (non-hydrogen) atoms. The average molecular weight is 363 g/mol. The third-order valence-electron chi connectivity index (χ3n) is 3.01. The van der Waals surface area contributed by atoms with E-state index in [1.54, 1.807) is 37.3 Å². The average Bonchev–Trinajstić information content (AvgIpc) is 2.97. The maximum atomic E-state index is 12.3. The van der Waals surface area contributed by atoms with Gasteiger partial charge in [0, 0.05) is 11.0 Å². The zero-order valence-electron chi connectivity index (χ0n) is 13.6. The van der Waals surface area contributed by atoms with Crippen LogP contribution in [-0.2, 0) is 14.3 Å². The van der Waals surface area contributed by atoms with Crippen molar-refractivity contribution in [3.8, 4) is 0 Å². The van der Waals surface area contributed by atoms with Crippen LogP contribution in [0.25, 0.3) is 0 Å². The van der Waals surface area contributed by atoms with Crippen LogP contribution in [0.2, 0.25) is 0 Å². The topological polar surface area (TPSA) is 125 Å². The predicted octanol–water partition coefficient (Wildman–Crippen LogP) is 1.74. The lowest BCUT2D eigenvalue weighted by atomic mass is 10.2. The van der Waals surface area contributed by atoms with Crippen LogP contribution >= 0.6 is 11.8 Å². The van der Waals surface area contributed by atoms with E-state index in [0.29, 0.717) is 10.7 Å². The Kier molecular flexibility index (Phi) is 6.18. The Hall–Kier alpha value is -2.81. The highest BCUT2D eigenvalue weighted by Crippen LogP contribution is 2.23. The molecule has 1 unspecified atom stereocenters. The number of amides is 2. The van der Waals surface area contributed by atoms with E-state index in [-0.39, 0.29) is 17.1 Å². The first-order valence-electron chi connectivity index (χ1n) is 7.32. The second-order valence-corrected chi connectivity index (χ2v) is 6.13. The van der Waals surface area contributed by atoms with E-state index in [2.05, 4.69) is 10.5 Å². The summed E-state index contributed by atoms with van der Waals surface area (Å²) in [6.45, 7) is 3.13. The molecule has 0 saturated carbocycles. The van der Waals surface area contributed by atoms with Crippen molar-refractivity contribution >= 4 is 35.4 Å². The van der Waals surface area contributed by atoms with Crippen LogP contribution in [0, 0.1) is 6.92 Å². The number of carbonyl (C=O) groups is 3. The monoisotopic (exact) mass is 363 g/mol. The summed E-state index contributed by atoms with van der Waals surface area (Å²) in [6, 6.07) is 8.16. The minimum absolute atomic E-state index is 0.0336. The number of nitrogens with two attached hydrogens (primary N) is 1. The van der Waals surface area contributed by atoms with Crippen LogP contribution in [0.5, 0.6) is 0 Å². The molecule has 1 aromatic carbocycles. The van der Waals surface area contributed by atoms with Gasteiger partial charge in [-0.2, -0.15) is 0 Å². The number of benzene rings is 1. The van der Waals surface area contributed by atoms with Crippen molar-refractivity contribution in [2.75, 3.05) is 11.1 Å². The second kappa shape index (κ2) is 8.34. The largest absolute Gasteiger partial charge is 0.449 e. The number of rotatable bonds is 7. The molecular weight excluding hydrogens is 346 g/mol. The molecule has 0 aliphatic rings. The van der Waals surface area contributed by atoms with Crippen molar-refractivity contribution in [3.05, 3.63) is 41.7 Å². The van der Waals surface area contributed by atoms with Gasteiger partial charge in [-0.15, -0.1) is 11.8 Å². The smallest absolute Gasteiger partial charge is 0.340 e. The van der Waals surface area contributed by atoms with Crippen LogP contribution in [0.3, 0.4) is 0 Å². The third kappa shape index (κ3) is 5.35.